The Bertz CT molecular complexity index is 485. The van der Waals surface area contributed by atoms with Crippen LogP contribution in [0.15, 0.2) is 46.9 Å². The van der Waals surface area contributed by atoms with Gasteiger partial charge in [-0.1, -0.05) is 18.2 Å². The highest BCUT2D eigenvalue weighted by atomic mass is 15.2. The number of aryl methyl sites for hydroxylation is 2. The van der Waals surface area contributed by atoms with Gasteiger partial charge in [0.25, 0.3) is 0 Å². The summed E-state index contributed by atoms with van der Waals surface area (Å²) in [5.74, 6) is 0.609. The smallest absolute Gasteiger partial charge is 0.249 e. The van der Waals surface area contributed by atoms with Crippen LogP contribution >= 0.6 is 0 Å². The van der Waals surface area contributed by atoms with E-state index in [1.165, 1.54) is 0 Å². The fraction of sp³-hybridized carbons (Fsp3) is 0.182. The number of azo groups is 1. The van der Waals surface area contributed by atoms with Gasteiger partial charge >= 0.3 is 0 Å². The van der Waals surface area contributed by atoms with E-state index in [0.29, 0.717) is 5.95 Å². The Morgan fingerprint density at radius 1 is 1.20 bits per heavy atom. The van der Waals surface area contributed by atoms with Crippen molar-refractivity contribution in [1.29, 1.82) is 0 Å². The first-order valence-electron chi connectivity index (χ1n) is 4.72. The molecular formula is C11H12N4. The van der Waals surface area contributed by atoms with Gasteiger partial charge in [-0.2, -0.15) is 0 Å². The second-order valence-electron chi connectivity index (χ2n) is 3.32. The average molecular weight is 200 g/mol. The third-order valence-corrected chi connectivity index (χ3v) is 2.16. The molecular weight excluding hydrogens is 188 g/mol. The first-order valence-corrected chi connectivity index (χ1v) is 4.72. The van der Waals surface area contributed by atoms with Crippen LogP contribution in [0.4, 0.5) is 11.6 Å². The lowest BCUT2D eigenvalue weighted by Gasteiger charge is -1.96. The monoisotopic (exact) mass is 200 g/mol. The topological polar surface area (TPSA) is 42.5 Å². The van der Waals surface area contributed by atoms with Crippen LogP contribution in [0.1, 0.15) is 5.56 Å². The molecule has 1 aromatic carbocycles. The quantitative estimate of drug-likeness (QED) is 0.686. The zero-order valence-electron chi connectivity index (χ0n) is 8.75. The number of benzene rings is 1. The predicted octanol–water partition coefficient (Wildman–Crippen LogP) is 3.14. The van der Waals surface area contributed by atoms with Crippen molar-refractivity contribution in [3.63, 3.8) is 0 Å². The van der Waals surface area contributed by atoms with Gasteiger partial charge in [0.15, 0.2) is 0 Å². The molecule has 4 heteroatoms. The molecule has 0 radical (unpaired) electrons. The molecule has 15 heavy (non-hydrogen) atoms. The van der Waals surface area contributed by atoms with Crippen molar-refractivity contribution in [2.75, 3.05) is 0 Å². The summed E-state index contributed by atoms with van der Waals surface area (Å²) in [5, 5.41) is 8.22. The summed E-state index contributed by atoms with van der Waals surface area (Å²) >= 11 is 0. The highest BCUT2D eigenvalue weighted by molar-refractivity contribution is 5.44. The maximum atomic E-state index is 4.15. The summed E-state index contributed by atoms with van der Waals surface area (Å²) in [4.78, 5) is 4.06. The van der Waals surface area contributed by atoms with Gasteiger partial charge < -0.3 is 4.57 Å². The number of nitrogens with zero attached hydrogens (tertiary/aromatic N) is 4. The van der Waals surface area contributed by atoms with Crippen molar-refractivity contribution in [2.24, 2.45) is 17.3 Å². The molecule has 0 unspecified atom stereocenters. The number of hydrogen-bond acceptors (Lipinski definition) is 3. The number of imidazole rings is 1. The van der Waals surface area contributed by atoms with Gasteiger partial charge in [0.2, 0.25) is 5.95 Å². The van der Waals surface area contributed by atoms with Crippen LogP contribution in [-0.4, -0.2) is 9.55 Å². The minimum atomic E-state index is 0.609. The van der Waals surface area contributed by atoms with E-state index < -0.39 is 0 Å². The Morgan fingerprint density at radius 2 is 2.00 bits per heavy atom. The van der Waals surface area contributed by atoms with Gasteiger partial charge in [0.1, 0.15) is 0 Å². The Balaban J connectivity index is 2.26. The molecule has 0 amide bonds. The lowest BCUT2D eigenvalue weighted by atomic mass is 10.2. The molecule has 0 aliphatic carbocycles. The first-order chi connectivity index (χ1) is 7.27. The van der Waals surface area contributed by atoms with E-state index in [1.54, 1.807) is 6.20 Å². The SMILES string of the molecule is Cc1ccccc1N=Nc1nccn1C. The van der Waals surface area contributed by atoms with Gasteiger partial charge in [0.05, 0.1) is 5.69 Å². The standard InChI is InChI=1S/C11H12N4/c1-9-5-3-4-6-10(9)13-14-11-12-7-8-15(11)2/h3-8H,1-2H3. The molecule has 2 aromatic rings. The number of hydrogen-bond donors (Lipinski definition) is 0. The molecule has 0 N–H and O–H groups in total. The summed E-state index contributed by atoms with van der Waals surface area (Å²) in [6.45, 7) is 2.01. The number of aromatic nitrogens is 2. The molecule has 1 aromatic heterocycles. The van der Waals surface area contributed by atoms with Crippen molar-refractivity contribution < 1.29 is 0 Å². The fourth-order valence-electron chi connectivity index (χ4n) is 1.23. The Labute approximate surface area is 88.3 Å². The Hall–Kier alpha value is -1.97. The molecule has 0 fully saturated rings. The van der Waals surface area contributed by atoms with Crippen LogP contribution in [0.2, 0.25) is 0 Å². The fourth-order valence-corrected chi connectivity index (χ4v) is 1.23. The van der Waals surface area contributed by atoms with E-state index >= 15 is 0 Å². The predicted molar refractivity (Wildman–Crippen MR) is 58.6 cm³/mol. The van der Waals surface area contributed by atoms with Crippen molar-refractivity contribution in [3.8, 4) is 0 Å². The molecule has 0 bridgehead atoms. The van der Waals surface area contributed by atoms with E-state index in [1.807, 2.05) is 49.0 Å². The zero-order chi connectivity index (χ0) is 10.7. The third kappa shape index (κ3) is 2.10. The number of rotatable bonds is 2. The van der Waals surface area contributed by atoms with Gasteiger partial charge in [-0.15, -0.1) is 10.2 Å². The van der Waals surface area contributed by atoms with E-state index in [4.69, 9.17) is 0 Å². The summed E-state index contributed by atoms with van der Waals surface area (Å²) < 4.78 is 1.82. The lowest BCUT2D eigenvalue weighted by Crippen LogP contribution is -1.82. The van der Waals surface area contributed by atoms with Crippen molar-refractivity contribution >= 4 is 11.6 Å². The van der Waals surface area contributed by atoms with E-state index in [9.17, 15) is 0 Å². The molecule has 76 valence electrons. The molecule has 0 saturated heterocycles. The van der Waals surface area contributed by atoms with E-state index in [0.717, 1.165) is 11.3 Å². The molecule has 0 aliphatic heterocycles. The van der Waals surface area contributed by atoms with E-state index in [-0.39, 0.29) is 0 Å². The molecule has 0 aliphatic rings. The summed E-state index contributed by atoms with van der Waals surface area (Å²) in [6.07, 6.45) is 3.54. The van der Waals surface area contributed by atoms with Crippen molar-refractivity contribution in [1.82, 2.24) is 9.55 Å². The van der Waals surface area contributed by atoms with E-state index in [2.05, 4.69) is 15.2 Å². The lowest BCUT2D eigenvalue weighted by molar-refractivity contribution is 0.893. The molecule has 0 spiro atoms. The minimum Gasteiger partial charge on any atom is -0.317 e. The Morgan fingerprint density at radius 3 is 2.67 bits per heavy atom. The van der Waals surface area contributed by atoms with Gasteiger partial charge in [0, 0.05) is 19.4 Å². The van der Waals surface area contributed by atoms with Gasteiger partial charge in [-0.05, 0) is 18.6 Å². The second-order valence-corrected chi connectivity index (χ2v) is 3.32. The summed E-state index contributed by atoms with van der Waals surface area (Å²) in [5.41, 5.74) is 1.98. The highest BCUT2D eigenvalue weighted by Crippen LogP contribution is 2.19. The molecule has 0 atom stereocenters. The van der Waals surface area contributed by atoms with Crippen LogP contribution in [0.25, 0.3) is 0 Å². The minimum absolute atomic E-state index is 0.609. The van der Waals surface area contributed by atoms with Crippen LogP contribution < -0.4 is 0 Å². The largest absolute Gasteiger partial charge is 0.317 e. The normalized spacial score (nSPS) is 11.1. The van der Waals surface area contributed by atoms with Crippen LogP contribution in [0, 0.1) is 6.92 Å². The van der Waals surface area contributed by atoms with Gasteiger partial charge in [-0.25, -0.2) is 4.98 Å². The highest BCUT2D eigenvalue weighted by Gasteiger charge is 1.96. The maximum Gasteiger partial charge on any atom is 0.249 e. The zero-order valence-corrected chi connectivity index (χ0v) is 8.75. The second kappa shape index (κ2) is 4.04. The third-order valence-electron chi connectivity index (χ3n) is 2.16. The van der Waals surface area contributed by atoms with Gasteiger partial charge in [-0.3, -0.25) is 0 Å². The van der Waals surface area contributed by atoms with Crippen LogP contribution in [0.3, 0.4) is 0 Å². The first kappa shape index (κ1) is 9.58. The summed E-state index contributed by atoms with van der Waals surface area (Å²) in [6, 6.07) is 7.86. The van der Waals surface area contributed by atoms with Crippen LogP contribution in [0.5, 0.6) is 0 Å². The van der Waals surface area contributed by atoms with Crippen LogP contribution in [-0.2, 0) is 7.05 Å². The Kier molecular flexibility index (Phi) is 2.58. The molecule has 4 nitrogen and oxygen atoms in total. The molecule has 1 heterocycles. The maximum absolute atomic E-state index is 4.15. The summed E-state index contributed by atoms with van der Waals surface area (Å²) in [7, 11) is 1.89. The molecule has 0 saturated carbocycles. The van der Waals surface area contributed by atoms with Crippen molar-refractivity contribution in [3.05, 3.63) is 42.2 Å². The average Bonchev–Trinajstić information content (AvgIpc) is 2.63. The molecule has 2 rings (SSSR count). The van der Waals surface area contributed by atoms with Crippen molar-refractivity contribution in [2.45, 2.75) is 6.92 Å².